The summed E-state index contributed by atoms with van der Waals surface area (Å²) in [6, 6.07) is 9.08. The SMILES string of the molecule is CC.CC(C)CN(c1ccc(OCC(N)=O)cc1NC(=O)Nc1ccc(Cl)cc1F)C1CCCCC1. The molecule has 0 atom stereocenters. The number of nitrogens with one attached hydrogen (secondary N) is 2. The summed E-state index contributed by atoms with van der Waals surface area (Å²) in [7, 11) is 0. The summed E-state index contributed by atoms with van der Waals surface area (Å²) < 4.78 is 19.6. The van der Waals surface area contributed by atoms with Gasteiger partial charge in [0, 0.05) is 23.7 Å². The Hall–Kier alpha value is -3.00. The average Bonchev–Trinajstić information content (AvgIpc) is 2.85. The highest BCUT2D eigenvalue weighted by Crippen LogP contribution is 2.36. The van der Waals surface area contributed by atoms with Crippen LogP contribution in [-0.4, -0.2) is 31.1 Å². The number of ether oxygens (including phenoxy) is 1. The highest BCUT2D eigenvalue weighted by atomic mass is 35.5. The van der Waals surface area contributed by atoms with Crippen molar-refractivity contribution >= 4 is 40.6 Å². The molecular formula is C27H38ClFN4O3. The molecule has 3 amide bonds. The van der Waals surface area contributed by atoms with Crippen molar-refractivity contribution in [2.75, 3.05) is 28.7 Å². The van der Waals surface area contributed by atoms with Crippen LogP contribution in [-0.2, 0) is 4.79 Å². The van der Waals surface area contributed by atoms with Crippen molar-refractivity contribution in [3.63, 3.8) is 0 Å². The second-order valence-corrected chi connectivity index (χ2v) is 9.41. The van der Waals surface area contributed by atoms with Gasteiger partial charge in [-0.05, 0) is 49.1 Å². The van der Waals surface area contributed by atoms with Crippen LogP contribution >= 0.6 is 11.6 Å². The van der Waals surface area contributed by atoms with Gasteiger partial charge in [-0.3, -0.25) is 4.79 Å². The predicted octanol–water partition coefficient (Wildman–Crippen LogP) is 6.81. The lowest BCUT2D eigenvalue weighted by atomic mass is 9.93. The Morgan fingerprint density at radius 2 is 1.75 bits per heavy atom. The van der Waals surface area contributed by atoms with E-state index in [4.69, 9.17) is 22.1 Å². The molecule has 2 aromatic rings. The Balaban J connectivity index is 0.00000222. The van der Waals surface area contributed by atoms with E-state index in [1.165, 1.54) is 18.6 Å². The molecule has 0 radical (unpaired) electrons. The van der Waals surface area contributed by atoms with E-state index in [0.29, 0.717) is 23.4 Å². The minimum Gasteiger partial charge on any atom is -0.484 e. The highest BCUT2D eigenvalue weighted by molar-refractivity contribution is 6.30. The van der Waals surface area contributed by atoms with Crippen molar-refractivity contribution in [3.8, 4) is 5.75 Å². The van der Waals surface area contributed by atoms with Crippen LogP contribution in [0.1, 0.15) is 59.8 Å². The Morgan fingerprint density at radius 1 is 1.08 bits per heavy atom. The molecule has 2 aromatic carbocycles. The van der Waals surface area contributed by atoms with E-state index >= 15 is 0 Å². The van der Waals surface area contributed by atoms with Gasteiger partial charge in [-0.1, -0.05) is 58.6 Å². The number of carbonyl (C=O) groups is 2. The molecule has 0 bridgehead atoms. The van der Waals surface area contributed by atoms with Gasteiger partial charge in [0.05, 0.1) is 17.1 Å². The number of rotatable bonds is 9. The standard InChI is InChI=1S/C25H32ClFN4O3.C2H6/c1-16(2)14-31(18-6-4-3-5-7-18)23-11-9-19(34-15-24(28)32)13-22(23)30-25(33)29-21-10-8-17(26)12-20(21)27;1-2/h8-13,16,18H,3-7,14-15H2,1-2H3,(H2,28,32)(H2,29,30,33);1-2H3. The summed E-state index contributed by atoms with van der Waals surface area (Å²) in [4.78, 5) is 26.3. The van der Waals surface area contributed by atoms with E-state index in [1.54, 1.807) is 12.1 Å². The Kier molecular flexibility index (Phi) is 11.8. The molecule has 0 aromatic heterocycles. The van der Waals surface area contributed by atoms with Crippen LogP contribution in [0.3, 0.4) is 0 Å². The number of primary amides is 1. The van der Waals surface area contributed by atoms with E-state index in [9.17, 15) is 14.0 Å². The zero-order valence-corrected chi connectivity index (χ0v) is 22.3. The topological polar surface area (TPSA) is 96.7 Å². The van der Waals surface area contributed by atoms with Crippen molar-refractivity contribution in [1.82, 2.24) is 0 Å². The molecular weight excluding hydrogens is 483 g/mol. The first kappa shape index (κ1) is 29.2. The van der Waals surface area contributed by atoms with Crippen molar-refractivity contribution in [2.24, 2.45) is 11.7 Å². The fourth-order valence-electron chi connectivity index (χ4n) is 4.21. The summed E-state index contributed by atoms with van der Waals surface area (Å²) in [6.07, 6.45) is 5.71. The van der Waals surface area contributed by atoms with Crippen LogP contribution in [0, 0.1) is 11.7 Å². The maximum Gasteiger partial charge on any atom is 0.323 e. The molecule has 1 aliphatic rings. The van der Waals surface area contributed by atoms with Crippen LogP contribution < -0.4 is 26.0 Å². The molecule has 1 aliphatic carbocycles. The molecule has 0 heterocycles. The number of nitrogens with zero attached hydrogens (tertiary/aromatic N) is 1. The van der Waals surface area contributed by atoms with E-state index < -0.39 is 17.8 Å². The van der Waals surface area contributed by atoms with Crippen molar-refractivity contribution < 1.29 is 18.7 Å². The molecule has 198 valence electrons. The summed E-state index contributed by atoms with van der Waals surface area (Å²) in [5.74, 6) is -0.440. The number of amides is 3. The van der Waals surface area contributed by atoms with Gasteiger partial charge in [-0.2, -0.15) is 0 Å². The molecule has 0 spiro atoms. The number of carbonyl (C=O) groups excluding carboxylic acids is 2. The minimum atomic E-state index is -0.634. The monoisotopic (exact) mass is 520 g/mol. The normalized spacial score (nSPS) is 13.4. The number of benzene rings is 2. The molecule has 1 fully saturated rings. The zero-order chi connectivity index (χ0) is 26.7. The van der Waals surface area contributed by atoms with Gasteiger partial charge in [0.25, 0.3) is 5.91 Å². The molecule has 0 unspecified atom stereocenters. The minimum absolute atomic E-state index is 0.0101. The number of nitrogens with two attached hydrogens (primary N) is 1. The van der Waals surface area contributed by atoms with Gasteiger partial charge in [-0.25, -0.2) is 9.18 Å². The van der Waals surface area contributed by atoms with Crippen molar-refractivity contribution in [1.29, 1.82) is 0 Å². The van der Waals surface area contributed by atoms with E-state index in [0.717, 1.165) is 44.0 Å². The third-order valence-electron chi connectivity index (χ3n) is 5.66. The maximum absolute atomic E-state index is 14.2. The van der Waals surface area contributed by atoms with Crippen LogP contribution in [0.15, 0.2) is 36.4 Å². The molecule has 7 nitrogen and oxygen atoms in total. The number of hydrogen-bond donors (Lipinski definition) is 3. The fraction of sp³-hybridized carbons (Fsp3) is 0.481. The molecule has 1 saturated carbocycles. The van der Waals surface area contributed by atoms with Crippen LogP contribution in [0.4, 0.5) is 26.2 Å². The molecule has 0 saturated heterocycles. The van der Waals surface area contributed by atoms with E-state index in [2.05, 4.69) is 29.4 Å². The van der Waals surface area contributed by atoms with Crippen molar-refractivity contribution in [2.45, 2.75) is 65.8 Å². The van der Waals surface area contributed by atoms with Crippen molar-refractivity contribution in [3.05, 3.63) is 47.2 Å². The Bertz CT molecular complexity index is 1010. The number of hydrogen-bond acceptors (Lipinski definition) is 4. The largest absolute Gasteiger partial charge is 0.484 e. The third-order valence-corrected chi connectivity index (χ3v) is 5.90. The number of halogens is 2. The summed E-state index contributed by atoms with van der Waals surface area (Å²) in [6.45, 7) is 8.85. The van der Waals surface area contributed by atoms with Gasteiger partial charge in [0.1, 0.15) is 11.6 Å². The molecule has 9 heteroatoms. The zero-order valence-electron chi connectivity index (χ0n) is 21.6. The van der Waals surface area contributed by atoms with Gasteiger partial charge in [0.15, 0.2) is 6.61 Å². The summed E-state index contributed by atoms with van der Waals surface area (Å²) >= 11 is 5.80. The van der Waals surface area contributed by atoms with Gasteiger partial charge >= 0.3 is 6.03 Å². The lowest BCUT2D eigenvalue weighted by molar-refractivity contribution is -0.119. The average molecular weight is 521 g/mol. The summed E-state index contributed by atoms with van der Waals surface area (Å²) in [5, 5.41) is 5.60. The highest BCUT2D eigenvalue weighted by Gasteiger charge is 2.25. The third kappa shape index (κ3) is 8.90. The molecule has 0 aliphatic heterocycles. The predicted molar refractivity (Wildman–Crippen MR) is 146 cm³/mol. The quantitative estimate of drug-likeness (QED) is 0.338. The smallest absolute Gasteiger partial charge is 0.323 e. The second kappa shape index (κ2) is 14.5. The fourth-order valence-corrected chi connectivity index (χ4v) is 4.37. The number of anilines is 3. The van der Waals surface area contributed by atoms with Gasteiger partial charge in [0.2, 0.25) is 0 Å². The maximum atomic E-state index is 14.2. The molecule has 3 rings (SSSR count). The van der Waals surface area contributed by atoms with Crippen LogP contribution in [0.25, 0.3) is 0 Å². The lowest BCUT2D eigenvalue weighted by Gasteiger charge is -2.38. The molecule has 36 heavy (non-hydrogen) atoms. The summed E-state index contributed by atoms with van der Waals surface area (Å²) in [5.41, 5.74) is 6.56. The first-order valence-electron chi connectivity index (χ1n) is 12.6. The second-order valence-electron chi connectivity index (χ2n) is 8.98. The lowest BCUT2D eigenvalue weighted by Crippen LogP contribution is -2.40. The van der Waals surface area contributed by atoms with Gasteiger partial charge in [-0.15, -0.1) is 0 Å². The first-order chi connectivity index (χ1) is 17.2. The Morgan fingerprint density at radius 3 is 2.36 bits per heavy atom. The van der Waals surface area contributed by atoms with Gasteiger partial charge < -0.3 is 26.0 Å². The number of urea groups is 1. The van der Waals surface area contributed by atoms with E-state index in [1.807, 2.05) is 19.9 Å². The van der Waals surface area contributed by atoms with E-state index in [-0.39, 0.29) is 17.3 Å². The molecule has 4 N–H and O–H groups in total. The Labute approximate surface area is 218 Å². The first-order valence-corrected chi connectivity index (χ1v) is 13.0. The van der Waals surface area contributed by atoms with Crippen LogP contribution in [0.2, 0.25) is 5.02 Å². The van der Waals surface area contributed by atoms with Crippen LogP contribution in [0.5, 0.6) is 5.75 Å².